The molecular formula is C43H42N2. The van der Waals surface area contributed by atoms with Crippen molar-refractivity contribution < 1.29 is 0 Å². The minimum Gasteiger partial charge on any atom is -0.252 e. The largest absolute Gasteiger partial charge is 0.252 e. The molecule has 0 spiro atoms. The Balaban J connectivity index is 1.34. The zero-order chi connectivity index (χ0) is 31.9. The smallest absolute Gasteiger partial charge is 0.0705 e. The molecule has 0 N–H and O–H groups in total. The Morgan fingerprint density at radius 2 is 0.733 bits per heavy atom. The van der Waals surface area contributed by atoms with Gasteiger partial charge in [-0.2, -0.15) is 0 Å². The van der Waals surface area contributed by atoms with Crippen molar-refractivity contribution in [2.24, 2.45) is 0 Å². The number of hydrogen-bond donors (Lipinski definition) is 0. The van der Waals surface area contributed by atoms with Gasteiger partial charge in [-0.3, -0.25) is 9.97 Å². The van der Waals surface area contributed by atoms with Gasteiger partial charge in [0, 0.05) is 16.5 Å². The number of benzene rings is 4. The van der Waals surface area contributed by atoms with Gasteiger partial charge in [0.2, 0.25) is 0 Å². The van der Waals surface area contributed by atoms with Crippen LogP contribution in [0.5, 0.6) is 0 Å². The van der Waals surface area contributed by atoms with Gasteiger partial charge in [-0.15, -0.1) is 0 Å². The second-order valence-electron chi connectivity index (χ2n) is 13.2. The quantitative estimate of drug-likeness (QED) is 0.194. The highest BCUT2D eigenvalue weighted by atomic mass is 14.8. The number of pyridine rings is 2. The van der Waals surface area contributed by atoms with Gasteiger partial charge in [-0.1, -0.05) is 83.9 Å². The molecule has 0 saturated carbocycles. The lowest BCUT2D eigenvalue weighted by molar-refractivity contribution is 0.597. The first-order chi connectivity index (χ1) is 21.5. The maximum atomic E-state index is 5.23. The minimum absolute atomic E-state index is 0.393. The van der Waals surface area contributed by atoms with E-state index < -0.39 is 5.41 Å². The lowest BCUT2D eigenvalue weighted by atomic mass is 9.84. The first kappa shape index (κ1) is 30.2. The third kappa shape index (κ3) is 5.98. The molecule has 0 bridgehead atoms. The van der Waals surface area contributed by atoms with Crippen molar-refractivity contribution >= 4 is 0 Å². The lowest BCUT2D eigenvalue weighted by Crippen LogP contribution is -2.22. The van der Waals surface area contributed by atoms with Crippen molar-refractivity contribution in [3.05, 3.63) is 154 Å². The summed E-state index contributed by atoms with van der Waals surface area (Å²) >= 11 is 0. The fourth-order valence-electron chi connectivity index (χ4n) is 6.96. The summed E-state index contributed by atoms with van der Waals surface area (Å²) in [4.78, 5) is 10.5. The van der Waals surface area contributed by atoms with Gasteiger partial charge in [-0.25, -0.2) is 0 Å². The van der Waals surface area contributed by atoms with Gasteiger partial charge in [0.25, 0.3) is 0 Å². The summed E-state index contributed by atoms with van der Waals surface area (Å²) in [6.07, 6.45) is 0. The first-order valence-corrected chi connectivity index (χ1v) is 15.8. The zero-order valence-electron chi connectivity index (χ0n) is 27.8. The molecule has 0 aliphatic carbocycles. The second-order valence-corrected chi connectivity index (χ2v) is 13.2. The van der Waals surface area contributed by atoms with E-state index in [4.69, 9.17) is 9.97 Å². The maximum Gasteiger partial charge on any atom is 0.0705 e. The molecule has 45 heavy (non-hydrogen) atoms. The SMILES string of the molecule is Cc1cc(C)c(-c2cccc(-c3cccc(C(C)(C)c4cccc(-c5cccc(-c6c(C)cc(C)cc6C)c5)n4)n3)c2)c(C)c1. The van der Waals surface area contributed by atoms with Gasteiger partial charge in [-0.05, 0) is 136 Å². The summed E-state index contributed by atoms with van der Waals surface area (Å²) < 4.78 is 0. The van der Waals surface area contributed by atoms with Crippen LogP contribution < -0.4 is 0 Å². The fourth-order valence-corrected chi connectivity index (χ4v) is 6.96. The van der Waals surface area contributed by atoms with E-state index in [9.17, 15) is 0 Å². The minimum atomic E-state index is -0.393. The average Bonchev–Trinajstić information content (AvgIpc) is 3.00. The first-order valence-electron chi connectivity index (χ1n) is 15.8. The maximum absolute atomic E-state index is 5.23. The van der Waals surface area contributed by atoms with Crippen molar-refractivity contribution in [3.63, 3.8) is 0 Å². The van der Waals surface area contributed by atoms with E-state index in [1.165, 1.54) is 55.6 Å². The number of rotatable bonds is 6. The molecular weight excluding hydrogens is 544 g/mol. The Morgan fingerprint density at radius 3 is 1.11 bits per heavy atom. The molecule has 0 aliphatic rings. The van der Waals surface area contributed by atoms with Crippen LogP contribution in [-0.4, -0.2) is 9.97 Å². The topological polar surface area (TPSA) is 25.8 Å². The van der Waals surface area contributed by atoms with Crippen LogP contribution in [0.15, 0.2) is 109 Å². The van der Waals surface area contributed by atoms with E-state index in [-0.39, 0.29) is 0 Å². The van der Waals surface area contributed by atoms with Gasteiger partial charge in [0.15, 0.2) is 0 Å². The van der Waals surface area contributed by atoms with Crippen LogP contribution >= 0.6 is 0 Å². The third-order valence-electron chi connectivity index (χ3n) is 9.03. The molecule has 0 saturated heterocycles. The van der Waals surface area contributed by atoms with Crippen molar-refractivity contribution in [3.8, 4) is 44.8 Å². The van der Waals surface area contributed by atoms with E-state index in [0.717, 1.165) is 33.9 Å². The van der Waals surface area contributed by atoms with Crippen LogP contribution in [0.2, 0.25) is 0 Å². The Bertz CT molecular complexity index is 1850. The molecule has 0 fully saturated rings. The number of nitrogens with zero attached hydrogens (tertiary/aromatic N) is 2. The molecule has 6 aromatic rings. The Labute approximate surface area is 268 Å². The van der Waals surface area contributed by atoms with Crippen LogP contribution in [0.25, 0.3) is 44.8 Å². The molecule has 6 rings (SSSR count). The van der Waals surface area contributed by atoms with Crippen LogP contribution in [0, 0.1) is 41.5 Å². The molecule has 0 unspecified atom stereocenters. The molecule has 0 aliphatic heterocycles. The van der Waals surface area contributed by atoms with Crippen molar-refractivity contribution in [1.82, 2.24) is 9.97 Å². The number of hydrogen-bond acceptors (Lipinski definition) is 2. The highest BCUT2D eigenvalue weighted by molar-refractivity contribution is 5.77. The summed E-state index contributed by atoms with van der Waals surface area (Å²) in [7, 11) is 0. The molecule has 0 amide bonds. The van der Waals surface area contributed by atoms with Crippen molar-refractivity contribution in [2.45, 2.75) is 60.8 Å². The summed E-state index contributed by atoms with van der Waals surface area (Å²) in [6.45, 7) is 17.6. The normalized spacial score (nSPS) is 11.6. The fraction of sp³-hybridized carbons (Fsp3) is 0.209. The summed E-state index contributed by atoms with van der Waals surface area (Å²) in [5.74, 6) is 0. The van der Waals surface area contributed by atoms with E-state index in [1.54, 1.807) is 0 Å². The van der Waals surface area contributed by atoms with Crippen LogP contribution in [0.3, 0.4) is 0 Å². The van der Waals surface area contributed by atoms with Gasteiger partial charge >= 0.3 is 0 Å². The van der Waals surface area contributed by atoms with Gasteiger partial charge in [0.05, 0.1) is 22.8 Å². The molecule has 2 nitrogen and oxygen atoms in total. The third-order valence-corrected chi connectivity index (χ3v) is 9.03. The van der Waals surface area contributed by atoms with Crippen LogP contribution in [0.1, 0.15) is 58.6 Å². The molecule has 2 heterocycles. The summed E-state index contributed by atoms with van der Waals surface area (Å²) in [5.41, 5.74) is 18.6. The Morgan fingerprint density at radius 1 is 0.400 bits per heavy atom. The summed E-state index contributed by atoms with van der Waals surface area (Å²) in [5, 5.41) is 0. The molecule has 4 aromatic carbocycles. The molecule has 0 atom stereocenters. The van der Waals surface area contributed by atoms with E-state index in [2.05, 4.69) is 165 Å². The van der Waals surface area contributed by atoms with Crippen molar-refractivity contribution in [1.29, 1.82) is 0 Å². The number of aromatic nitrogens is 2. The molecule has 2 aromatic heterocycles. The van der Waals surface area contributed by atoms with E-state index in [1.807, 2.05) is 0 Å². The average molecular weight is 587 g/mol. The van der Waals surface area contributed by atoms with Crippen molar-refractivity contribution in [2.75, 3.05) is 0 Å². The van der Waals surface area contributed by atoms with Gasteiger partial charge in [0.1, 0.15) is 0 Å². The Hall–Kier alpha value is -4.82. The predicted molar refractivity (Wildman–Crippen MR) is 191 cm³/mol. The predicted octanol–water partition coefficient (Wildman–Crippen LogP) is 11.3. The molecule has 224 valence electrons. The standard InChI is InChI=1S/C43H42N2/c1-27-21-29(3)41(30(4)22-27)35-15-9-13-33(25-35)37-17-11-19-39(44-37)43(7,8)40-20-12-18-38(45-40)34-14-10-16-36(26-34)42-31(5)23-28(2)24-32(42)6/h9-26H,1-8H3. The monoisotopic (exact) mass is 586 g/mol. The molecule has 0 radical (unpaired) electrons. The lowest BCUT2D eigenvalue weighted by Gasteiger charge is -2.25. The second kappa shape index (κ2) is 11.9. The van der Waals surface area contributed by atoms with Crippen LogP contribution in [0.4, 0.5) is 0 Å². The van der Waals surface area contributed by atoms with Crippen LogP contribution in [-0.2, 0) is 5.41 Å². The van der Waals surface area contributed by atoms with E-state index in [0.29, 0.717) is 0 Å². The zero-order valence-corrected chi connectivity index (χ0v) is 27.8. The highest BCUT2D eigenvalue weighted by Gasteiger charge is 2.27. The van der Waals surface area contributed by atoms with E-state index >= 15 is 0 Å². The van der Waals surface area contributed by atoms with Gasteiger partial charge < -0.3 is 0 Å². The highest BCUT2D eigenvalue weighted by Crippen LogP contribution is 2.35. The summed E-state index contributed by atoms with van der Waals surface area (Å²) in [6, 6.07) is 39.3. The number of aryl methyl sites for hydroxylation is 6. The Kier molecular flexibility index (Phi) is 8.01. The molecule has 2 heteroatoms.